The number of thioether (sulfide) groups is 1. The van der Waals surface area contributed by atoms with Crippen LogP contribution in [-0.4, -0.2) is 52.7 Å². The van der Waals surface area contributed by atoms with Gasteiger partial charge in [-0.05, 0) is 17.9 Å². The monoisotopic (exact) mass is 404 g/mol. The van der Waals surface area contributed by atoms with Gasteiger partial charge in [-0.2, -0.15) is 0 Å². The number of hydrogen-bond donors (Lipinski definition) is 2. The van der Waals surface area contributed by atoms with Crippen LogP contribution in [0, 0.1) is 0 Å². The standard InChI is InChI=1S/C19H25N5O3S/c1-3-28-19-22-21-18(23(19)2)14-5-4-8-24(14)12-17(25)20-13-6-7-15-16(11-13)27-10-9-26-15/h6-7,11,14H,3-5,8-10,12H2,1-2H3,(H,20,25)/p+1/t14-/m1/s1. The molecule has 1 aromatic heterocycles. The number of likely N-dealkylation sites (tertiary alicyclic amines) is 1. The predicted molar refractivity (Wildman–Crippen MR) is 106 cm³/mol. The number of ether oxygens (including phenoxy) is 2. The fourth-order valence-electron chi connectivity index (χ4n) is 3.85. The molecule has 2 aliphatic rings. The second-order valence-corrected chi connectivity index (χ2v) is 8.25. The number of hydrogen-bond acceptors (Lipinski definition) is 6. The third-order valence-electron chi connectivity index (χ3n) is 5.15. The van der Waals surface area contributed by atoms with Crippen LogP contribution in [0.25, 0.3) is 0 Å². The molecule has 0 bridgehead atoms. The molecule has 1 fully saturated rings. The number of aromatic nitrogens is 3. The number of fused-ring (bicyclic) bond motifs is 1. The molecule has 150 valence electrons. The van der Waals surface area contributed by atoms with Crippen LogP contribution in [0.5, 0.6) is 11.5 Å². The summed E-state index contributed by atoms with van der Waals surface area (Å²) < 4.78 is 13.2. The second kappa shape index (κ2) is 8.40. The van der Waals surface area contributed by atoms with Crippen LogP contribution >= 0.6 is 11.8 Å². The molecule has 2 N–H and O–H groups in total. The van der Waals surface area contributed by atoms with Crippen molar-refractivity contribution < 1.29 is 19.2 Å². The Kier molecular flexibility index (Phi) is 5.72. The smallest absolute Gasteiger partial charge is 0.279 e. The van der Waals surface area contributed by atoms with Crippen molar-refractivity contribution in [3.05, 3.63) is 24.0 Å². The van der Waals surface area contributed by atoms with Crippen molar-refractivity contribution in [3.63, 3.8) is 0 Å². The van der Waals surface area contributed by atoms with E-state index in [-0.39, 0.29) is 11.9 Å². The summed E-state index contributed by atoms with van der Waals surface area (Å²) in [7, 11) is 2.01. The molecular formula is C19H26N5O3S+. The lowest BCUT2D eigenvalue weighted by atomic mass is 10.2. The average molecular weight is 405 g/mol. The SMILES string of the molecule is CCSc1nnc([C@H]2CCC[NH+]2CC(=O)Nc2ccc3c(c2)OCCO3)n1C. The van der Waals surface area contributed by atoms with Crippen molar-refractivity contribution >= 4 is 23.4 Å². The summed E-state index contributed by atoms with van der Waals surface area (Å²) in [6.45, 7) is 4.55. The van der Waals surface area contributed by atoms with Gasteiger partial charge in [0.1, 0.15) is 19.3 Å². The van der Waals surface area contributed by atoms with E-state index in [4.69, 9.17) is 9.47 Å². The number of carbonyl (C=O) groups is 1. The first kappa shape index (κ1) is 19.1. The minimum Gasteiger partial charge on any atom is -0.486 e. The zero-order valence-electron chi connectivity index (χ0n) is 16.2. The summed E-state index contributed by atoms with van der Waals surface area (Å²) >= 11 is 1.69. The number of benzene rings is 1. The third kappa shape index (κ3) is 3.95. The van der Waals surface area contributed by atoms with E-state index in [1.165, 1.54) is 4.90 Å². The number of rotatable bonds is 6. The summed E-state index contributed by atoms with van der Waals surface area (Å²) in [5.74, 6) is 3.32. The largest absolute Gasteiger partial charge is 0.486 e. The summed E-state index contributed by atoms with van der Waals surface area (Å²) in [4.78, 5) is 13.9. The number of quaternary nitrogens is 1. The molecule has 1 saturated heterocycles. The van der Waals surface area contributed by atoms with Crippen molar-refractivity contribution in [2.75, 3.05) is 37.4 Å². The quantitative estimate of drug-likeness (QED) is 0.701. The first-order valence-electron chi connectivity index (χ1n) is 9.72. The van der Waals surface area contributed by atoms with Crippen molar-refractivity contribution in [2.24, 2.45) is 7.05 Å². The Labute approximate surface area is 168 Å². The van der Waals surface area contributed by atoms with Crippen molar-refractivity contribution in [2.45, 2.75) is 31.0 Å². The second-order valence-electron chi connectivity index (χ2n) is 7.02. The van der Waals surface area contributed by atoms with Gasteiger partial charge in [-0.25, -0.2) is 0 Å². The lowest BCUT2D eigenvalue weighted by molar-refractivity contribution is -0.911. The van der Waals surface area contributed by atoms with Gasteiger partial charge < -0.3 is 24.3 Å². The Hall–Kier alpha value is -2.26. The first-order chi connectivity index (χ1) is 13.7. The molecule has 1 amide bonds. The van der Waals surface area contributed by atoms with Gasteiger partial charge in [0.25, 0.3) is 5.91 Å². The third-order valence-corrected chi connectivity index (χ3v) is 6.05. The topological polar surface area (TPSA) is 82.7 Å². The number of anilines is 1. The van der Waals surface area contributed by atoms with Crippen LogP contribution < -0.4 is 19.7 Å². The number of carbonyl (C=O) groups excluding carboxylic acids is 1. The zero-order chi connectivity index (χ0) is 19.5. The van der Waals surface area contributed by atoms with E-state index < -0.39 is 0 Å². The van der Waals surface area contributed by atoms with Crippen LogP contribution in [-0.2, 0) is 11.8 Å². The molecule has 2 aliphatic heterocycles. The van der Waals surface area contributed by atoms with E-state index in [0.717, 1.165) is 47.6 Å². The highest BCUT2D eigenvalue weighted by molar-refractivity contribution is 7.99. The van der Waals surface area contributed by atoms with Crippen LogP contribution in [0.15, 0.2) is 23.4 Å². The van der Waals surface area contributed by atoms with Gasteiger partial charge in [-0.15, -0.1) is 10.2 Å². The van der Waals surface area contributed by atoms with Gasteiger partial charge in [0, 0.05) is 31.6 Å². The molecule has 1 unspecified atom stereocenters. The van der Waals surface area contributed by atoms with E-state index in [0.29, 0.717) is 25.5 Å². The van der Waals surface area contributed by atoms with E-state index in [1.807, 2.05) is 25.2 Å². The molecule has 2 aromatic rings. The Morgan fingerprint density at radius 1 is 1.32 bits per heavy atom. The Morgan fingerprint density at radius 2 is 2.14 bits per heavy atom. The lowest BCUT2D eigenvalue weighted by Crippen LogP contribution is -3.11. The first-order valence-corrected chi connectivity index (χ1v) is 10.7. The highest BCUT2D eigenvalue weighted by atomic mass is 32.2. The minimum absolute atomic E-state index is 0.0103. The van der Waals surface area contributed by atoms with E-state index >= 15 is 0 Å². The van der Waals surface area contributed by atoms with E-state index in [9.17, 15) is 4.79 Å². The average Bonchev–Trinajstić information content (AvgIpc) is 3.28. The molecule has 0 saturated carbocycles. The summed E-state index contributed by atoms with van der Waals surface area (Å²) in [6.07, 6.45) is 2.11. The van der Waals surface area contributed by atoms with Crippen molar-refractivity contribution in [3.8, 4) is 11.5 Å². The maximum absolute atomic E-state index is 12.7. The highest BCUT2D eigenvalue weighted by Gasteiger charge is 2.35. The molecule has 3 heterocycles. The summed E-state index contributed by atoms with van der Waals surface area (Å²) in [5, 5.41) is 12.6. The molecule has 2 atom stereocenters. The predicted octanol–water partition coefficient (Wildman–Crippen LogP) is 1.06. The van der Waals surface area contributed by atoms with E-state index in [2.05, 4.69) is 27.0 Å². The maximum atomic E-state index is 12.7. The van der Waals surface area contributed by atoms with Crippen LogP contribution in [0.2, 0.25) is 0 Å². The molecular weight excluding hydrogens is 378 g/mol. The minimum atomic E-state index is -0.0103. The van der Waals surface area contributed by atoms with Gasteiger partial charge >= 0.3 is 0 Å². The Morgan fingerprint density at radius 3 is 2.96 bits per heavy atom. The molecule has 8 nitrogen and oxygen atoms in total. The van der Waals surface area contributed by atoms with Gasteiger partial charge in [-0.1, -0.05) is 18.7 Å². The fraction of sp³-hybridized carbons (Fsp3) is 0.526. The molecule has 9 heteroatoms. The van der Waals surface area contributed by atoms with Crippen LogP contribution in [0.3, 0.4) is 0 Å². The Balaban J connectivity index is 1.41. The molecule has 0 radical (unpaired) electrons. The molecule has 0 spiro atoms. The zero-order valence-corrected chi connectivity index (χ0v) is 17.1. The Bertz CT molecular complexity index is 856. The lowest BCUT2D eigenvalue weighted by Gasteiger charge is -2.21. The van der Waals surface area contributed by atoms with E-state index in [1.54, 1.807) is 11.8 Å². The van der Waals surface area contributed by atoms with Gasteiger partial charge in [0.2, 0.25) is 0 Å². The van der Waals surface area contributed by atoms with Gasteiger partial charge in [0.05, 0.1) is 6.54 Å². The highest BCUT2D eigenvalue weighted by Crippen LogP contribution is 2.32. The number of amides is 1. The molecule has 28 heavy (non-hydrogen) atoms. The molecule has 1 aromatic carbocycles. The normalized spacial score (nSPS) is 20.9. The van der Waals surface area contributed by atoms with Crippen LogP contribution in [0.4, 0.5) is 5.69 Å². The summed E-state index contributed by atoms with van der Waals surface area (Å²) in [6, 6.07) is 5.70. The van der Waals surface area contributed by atoms with Crippen LogP contribution in [0.1, 0.15) is 31.6 Å². The van der Waals surface area contributed by atoms with Crippen molar-refractivity contribution in [1.29, 1.82) is 0 Å². The fourth-order valence-corrected chi connectivity index (χ4v) is 4.50. The van der Waals surface area contributed by atoms with Gasteiger partial charge in [-0.3, -0.25) is 4.79 Å². The number of nitrogens with zero attached hydrogens (tertiary/aromatic N) is 3. The van der Waals surface area contributed by atoms with Gasteiger partial charge in [0.15, 0.2) is 29.0 Å². The maximum Gasteiger partial charge on any atom is 0.279 e. The molecule has 0 aliphatic carbocycles. The van der Waals surface area contributed by atoms with Crippen molar-refractivity contribution in [1.82, 2.24) is 14.8 Å². The molecule has 4 rings (SSSR count). The number of nitrogens with one attached hydrogen (secondary N) is 2. The summed E-state index contributed by atoms with van der Waals surface area (Å²) in [5.41, 5.74) is 0.727.